The van der Waals surface area contributed by atoms with Crippen molar-refractivity contribution in [2.75, 3.05) is 0 Å². The molecule has 1 aromatic rings. The van der Waals surface area contributed by atoms with E-state index in [2.05, 4.69) is 48.5 Å². The number of ketones is 3. The topological polar surface area (TPSA) is 132 Å². The molecule has 7 nitrogen and oxygen atoms in total. The van der Waals surface area contributed by atoms with Gasteiger partial charge in [0, 0.05) is 22.3 Å². The summed E-state index contributed by atoms with van der Waals surface area (Å²) in [6, 6.07) is 2.04. The van der Waals surface area contributed by atoms with E-state index >= 15 is 0 Å². The lowest BCUT2D eigenvalue weighted by atomic mass is 9.43. The molecule has 3 aliphatic carbocycles. The molecular formula is C38H54O7. The second kappa shape index (κ2) is 11.1. The predicted molar refractivity (Wildman–Crippen MR) is 176 cm³/mol. The Bertz CT molecular complexity index is 1520. The van der Waals surface area contributed by atoms with Gasteiger partial charge >= 0.3 is 0 Å². The van der Waals surface area contributed by atoms with Crippen molar-refractivity contribution in [3.63, 3.8) is 0 Å². The lowest BCUT2D eigenvalue weighted by Crippen LogP contribution is -2.69. The van der Waals surface area contributed by atoms with Gasteiger partial charge in [0.05, 0.1) is 5.56 Å². The molecule has 1 aromatic carbocycles. The minimum absolute atomic E-state index is 0.0509. The van der Waals surface area contributed by atoms with Crippen LogP contribution in [0.25, 0.3) is 5.76 Å². The molecule has 4 rings (SSSR count). The summed E-state index contributed by atoms with van der Waals surface area (Å²) in [7, 11) is 0. The third-order valence-electron chi connectivity index (χ3n) is 11.2. The smallest absolute Gasteiger partial charge is 0.203 e. The fourth-order valence-electron chi connectivity index (χ4n) is 9.26. The van der Waals surface area contributed by atoms with Crippen LogP contribution in [0, 0.1) is 39.9 Å². The zero-order valence-corrected chi connectivity index (χ0v) is 29.3. The fourth-order valence-corrected chi connectivity index (χ4v) is 9.26. The highest BCUT2D eigenvalue weighted by molar-refractivity contribution is 6.24. The molecule has 1 saturated carbocycles. The molecule has 0 aromatic heterocycles. The molecule has 6 atom stereocenters. The number of benzene rings is 1. The van der Waals surface area contributed by atoms with Gasteiger partial charge < -0.3 is 20.4 Å². The summed E-state index contributed by atoms with van der Waals surface area (Å²) < 4.78 is 0. The SMILES string of the molecule is CC(=O)C1=C(O)[C@]2(O)C(=O)C3=C(O)c4c(O)c(CC(C)C(C)CC(C)(C)C)cc(C(C)C)c4C[C@]3(C)C[C@]2(C)C(C(C)C)C1=O. The standard InChI is InChI=1S/C38H54O7/c1-18(2)24-14-23(13-20(5)21(6)15-35(8,9)10)30(40)27-25(24)16-36(11)17-37(12)28(19(3)4)31(41)26(22(7)39)33(43)38(37,45)34(44)29(36)32(27)42/h14,18-21,28,40,42-43,45H,13,15-17H2,1-12H3/t20?,21?,28?,36-,37-,38+/m1/s1. The van der Waals surface area contributed by atoms with Crippen molar-refractivity contribution in [3.8, 4) is 5.75 Å². The summed E-state index contributed by atoms with van der Waals surface area (Å²) in [5, 5.41) is 47.6. The molecule has 0 amide bonds. The molecule has 4 N–H and O–H groups in total. The number of aliphatic hydroxyl groups is 3. The summed E-state index contributed by atoms with van der Waals surface area (Å²) >= 11 is 0. The van der Waals surface area contributed by atoms with Gasteiger partial charge in [-0.3, -0.25) is 14.4 Å². The first-order valence-electron chi connectivity index (χ1n) is 16.5. The monoisotopic (exact) mass is 622 g/mol. The Morgan fingerprint density at radius 2 is 1.58 bits per heavy atom. The molecule has 0 saturated heterocycles. The normalized spacial score (nSPS) is 30.0. The molecule has 7 heteroatoms. The van der Waals surface area contributed by atoms with Gasteiger partial charge in [0.2, 0.25) is 5.78 Å². The van der Waals surface area contributed by atoms with Crippen LogP contribution in [0.5, 0.6) is 5.75 Å². The van der Waals surface area contributed by atoms with Crippen molar-refractivity contribution in [2.24, 2.45) is 39.9 Å². The molecule has 0 bridgehead atoms. The number of phenols is 1. The molecule has 3 unspecified atom stereocenters. The van der Waals surface area contributed by atoms with E-state index in [1.807, 2.05) is 13.0 Å². The average molecular weight is 623 g/mol. The quantitative estimate of drug-likeness (QED) is 0.231. The van der Waals surface area contributed by atoms with Crippen LogP contribution < -0.4 is 0 Å². The third kappa shape index (κ3) is 5.17. The number of phenolic OH excluding ortho intramolecular Hbond substituents is 1. The van der Waals surface area contributed by atoms with Crippen molar-refractivity contribution in [1.82, 2.24) is 0 Å². The van der Waals surface area contributed by atoms with E-state index in [1.54, 1.807) is 20.8 Å². The molecule has 248 valence electrons. The van der Waals surface area contributed by atoms with Crippen molar-refractivity contribution in [1.29, 1.82) is 0 Å². The summed E-state index contributed by atoms with van der Waals surface area (Å²) in [5.74, 6) is -4.30. The highest BCUT2D eigenvalue weighted by Gasteiger charge is 2.72. The highest BCUT2D eigenvalue weighted by atomic mass is 16.3. The maximum absolute atomic E-state index is 14.6. The number of carbonyl (C=O) groups excluding carboxylic acids is 3. The van der Waals surface area contributed by atoms with Crippen molar-refractivity contribution < 1.29 is 34.8 Å². The van der Waals surface area contributed by atoms with Gasteiger partial charge in [-0.25, -0.2) is 0 Å². The van der Waals surface area contributed by atoms with E-state index in [0.29, 0.717) is 24.3 Å². The van der Waals surface area contributed by atoms with E-state index in [0.717, 1.165) is 24.5 Å². The van der Waals surface area contributed by atoms with Crippen LogP contribution in [0.1, 0.15) is 124 Å². The Hall–Kier alpha value is -2.93. The maximum Gasteiger partial charge on any atom is 0.203 e. The number of rotatable bonds is 7. The Morgan fingerprint density at radius 1 is 1.00 bits per heavy atom. The van der Waals surface area contributed by atoms with Gasteiger partial charge in [0.25, 0.3) is 0 Å². The van der Waals surface area contributed by atoms with Crippen LogP contribution in [0.3, 0.4) is 0 Å². The molecule has 0 aliphatic heterocycles. The maximum atomic E-state index is 14.6. The van der Waals surface area contributed by atoms with Crippen LogP contribution in [0.2, 0.25) is 0 Å². The number of carbonyl (C=O) groups is 3. The number of hydrogen-bond donors (Lipinski definition) is 4. The minimum atomic E-state index is -2.61. The van der Waals surface area contributed by atoms with Crippen LogP contribution in [0.4, 0.5) is 0 Å². The molecule has 45 heavy (non-hydrogen) atoms. The lowest BCUT2D eigenvalue weighted by molar-refractivity contribution is -0.178. The predicted octanol–water partition coefficient (Wildman–Crippen LogP) is 7.56. The summed E-state index contributed by atoms with van der Waals surface area (Å²) in [5.41, 5.74) is -2.98. The van der Waals surface area contributed by atoms with Crippen LogP contribution in [-0.4, -0.2) is 43.4 Å². The van der Waals surface area contributed by atoms with Gasteiger partial charge in [-0.1, -0.05) is 82.2 Å². The summed E-state index contributed by atoms with van der Waals surface area (Å²) in [4.78, 5) is 41.0. The van der Waals surface area contributed by atoms with Crippen LogP contribution >= 0.6 is 0 Å². The zero-order chi connectivity index (χ0) is 34.4. The van der Waals surface area contributed by atoms with Crippen molar-refractivity contribution >= 4 is 23.1 Å². The number of fused-ring (bicyclic) bond motifs is 3. The summed E-state index contributed by atoms with van der Waals surface area (Å²) in [6.45, 7) is 23.4. The third-order valence-corrected chi connectivity index (χ3v) is 11.2. The fraction of sp³-hybridized carbons (Fsp3) is 0.658. The molecule has 0 spiro atoms. The number of Topliss-reactive ketones (excluding diaryl/α,β-unsaturated/α-hetero) is 3. The van der Waals surface area contributed by atoms with Crippen molar-refractivity contribution in [3.05, 3.63) is 45.2 Å². The highest BCUT2D eigenvalue weighted by Crippen LogP contribution is 2.65. The second-order valence-electron chi connectivity index (χ2n) is 16.9. The van der Waals surface area contributed by atoms with Gasteiger partial charge in [-0.05, 0) is 78.4 Å². The minimum Gasteiger partial charge on any atom is -0.508 e. The molecular weight excluding hydrogens is 568 g/mol. The lowest BCUT2D eigenvalue weighted by Gasteiger charge is -2.60. The largest absolute Gasteiger partial charge is 0.508 e. The summed E-state index contributed by atoms with van der Waals surface area (Å²) in [6.07, 6.45) is 1.97. The Labute approximate surface area is 268 Å². The number of allylic oxidation sites excluding steroid dienone is 1. The van der Waals surface area contributed by atoms with E-state index in [1.165, 1.54) is 0 Å². The van der Waals surface area contributed by atoms with Gasteiger partial charge in [-0.2, -0.15) is 0 Å². The molecule has 3 aliphatic rings. The van der Waals surface area contributed by atoms with Gasteiger partial charge in [0.1, 0.15) is 22.8 Å². The van der Waals surface area contributed by atoms with E-state index < -0.39 is 56.8 Å². The first-order chi connectivity index (χ1) is 20.4. The van der Waals surface area contributed by atoms with Crippen LogP contribution in [0.15, 0.2) is 23.0 Å². The molecule has 1 fully saturated rings. The molecule has 0 radical (unpaired) electrons. The Kier molecular flexibility index (Phi) is 8.62. The first-order valence-corrected chi connectivity index (χ1v) is 16.5. The first kappa shape index (κ1) is 34.9. The van der Waals surface area contributed by atoms with E-state index in [-0.39, 0.29) is 46.5 Å². The zero-order valence-electron chi connectivity index (χ0n) is 29.3. The average Bonchev–Trinajstić information content (AvgIpc) is 2.86. The van der Waals surface area contributed by atoms with Crippen molar-refractivity contribution in [2.45, 2.75) is 120 Å². The number of hydrogen-bond acceptors (Lipinski definition) is 7. The Morgan fingerprint density at radius 3 is 2.07 bits per heavy atom. The number of aliphatic hydroxyl groups excluding tert-OH is 2. The van der Waals surface area contributed by atoms with Gasteiger partial charge in [0.15, 0.2) is 17.2 Å². The van der Waals surface area contributed by atoms with E-state index in [4.69, 9.17) is 0 Å². The number of aromatic hydroxyl groups is 1. The second-order valence-corrected chi connectivity index (χ2v) is 16.9. The van der Waals surface area contributed by atoms with Crippen LogP contribution in [-0.2, 0) is 27.2 Å². The Balaban J connectivity index is 1.98. The van der Waals surface area contributed by atoms with E-state index in [9.17, 15) is 34.8 Å². The van der Waals surface area contributed by atoms with Gasteiger partial charge in [-0.15, -0.1) is 0 Å². The molecule has 0 heterocycles.